The summed E-state index contributed by atoms with van der Waals surface area (Å²) < 4.78 is 2.06. The Labute approximate surface area is 153 Å². The maximum atomic E-state index is 12.4. The molecule has 1 unspecified atom stereocenters. The van der Waals surface area contributed by atoms with Crippen LogP contribution < -0.4 is 5.32 Å². The van der Waals surface area contributed by atoms with Gasteiger partial charge in [0.1, 0.15) is 0 Å². The van der Waals surface area contributed by atoms with Gasteiger partial charge in [0.15, 0.2) is 0 Å². The third-order valence-corrected chi connectivity index (χ3v) is 4.51. The lowest BCUT2D eigenvalue weighted by Crippen LogP contribution is -2.27. The summed E-state index contributed by atoms with van der Waals surface area (Å²) in [6.45, 7) is 0.116. The van der Waals surface area contributed by atoms with Gasteiger partial charge in [-0.15, -0.1) is 0 Å². The normalized spacial score (nSPS) is 12.5. The van der Waals surface area contributed by atoms with Crippen LogP contribution in [0.4, 0.5) is 0 Å². The van der Waals surface area contributed by atoms with Gasteiger partial charge in [0.25, 0.3) is 0 Å². The number of carbonyl (C=O) groups excluding carboxylic acids is 1. The second kappa shape index (κ2) is 8.50. The second-order valence-electron chi connectivity index (χ2n) is 6.38. The van der Waals surface area contributed by atoms with Gasteiger partial charge in [-0.05, 0) is 30.5 Å². The molecule has 4 nitrogen and oxygen atoms in total. The van der Waals surface area contributed by atoms with Crippen LogP contribution in [0.2, 0.25) is 0 Å². The smallest absolute Gasteiger partial charge is 0.244 e. The first-order valence-corrected chi connectivity index (χ1v) is 8.87. The molecule has 0 radical (unpaired) electrons. The maximum absolute atomic E-state index is 12.4. The minimum Gasteiger partial charge on any atom is -0.396 e. The van der Waals surface area contributed by atoms with Gasteiger partial charge in [-0.2, -0.15) is 0 Å². The number of para-hydroxylation sites is 1. The zero-order chi connectivity index (χ0) is 18.4. The highest BCUT2D eigenvalue weighted by atomic mass is 16.3. The molecule has 0 aliphatic carbocycles. The van der Waals surface area contributed by atoms with E-state index >= 15 is 0 Å². The lowest BCUT2D eigenvalue weighted by molar-refractivity contribution is -0.117. The quantitative estimate of drug-likeness (QED) is 0.638. The van der Waals surface area contributed by atoms with Crippen molar-refractivity contribution in [3.8, 4) is 0 Å². The molecule has 0 aliphatic heterocycles. The van der Waals surface area contributed by atoms with Crippen LogP contribution in [0.1, 0.15) is 30.0 Å². The number of amides is 1. The summed E-state index contributed by atoms with van der Waals surface area (Å²) in [5.74, 6) is -0.135. The van der Waals surface area contributed by atoms with Gasteiger partial charge < -0.3 is 15.0 Å². The fourth-order valence-electron chi connectivity index (χ4n) is 3.19. The topological polar surface area (TPSA) is 54.3 Å². The SMILES string of the molecule is Cn1cc(/C=C/C(=O)NC(CCCO)c2ccccc2)c2ccccc21. The van der Waals surface area contributed by atoms with Gasteiger partial charge >= 0.3 is 0 Å². The van der Waals surface area contributed by atoms with Crippen molar-refractivity contribution in [1.29, 1.82) is 0 Å². The highest BCUT2D eigenvalue weighted by Gasteiger charge is 2.13. The number of fused-ring (bicyclic) bond motifs is 1. The highest BCUT2D eigenvalue weighted by Crippen LogP contribution is 2.22. The second-order valence-corrected chi connectivity index (χ2v) is 6.38. The van der Waals surface area contributed by atoms with E-state index in [2.05, 4.69) is 22.0 Å². The van der Waals surface area contributed by atoms with Crippen LogP contribution in [0.5, 0.6) is 0 Å². The van der Waals surface area contributed by atoms with E-state index in [1.54, 1.807) is 6.08 Å². The Hall–Kier alpha value is -2.85. The number of benzene rings is 2. The number of hydrogen-bond acceptors (Lipinski definition) is 2. The van der Waals surface area contributed by atoms with Crippen molar-refractivity contribution in [2.75, 3.05) is 6.61 Å². The van der Waals surface area contributed by atoms with Crippen LogP contribution in [0.3, 0.4) is 0 Å². The van der Waals surface area contributed by atoms with Crippen LogP contribution in [0, 0.1) is 0 Å². The van der Waals surface area contributed by atoms with E-state index in [1.165, 1.54) is 0 Å². The Bertz CT molecular complexity index is 897. The third-order valence-electron chi connectivity index (χ3n) is 4.51. The van der Waals surface area contributed by atoms with Crippen LogP contribution in [0.25, 0.3) is 17.0 Å². The molecular formula is C22H24N2O2. The van der Waals surface area contributed by atoms with E-state index in [0.717, 1.165) is 22.0 Å². The number of nitrogens with one attached hydrogen (secondary N) is 1. The monoisotopic (exact) mass is 348 g/mol. The first-order chi connectivity index (χ1) is 12.7. The van der Waals surface area contributed by atoms with E-state index < -0.39 is 0 Å². The number of nitrogens with zero attached hydrogens (tertiary/aromatic N) is 1. The zero-order valence-electron chi connectivity index (χ0n) is 14.9. The maximum Gasteiger partial charge on any atom is 0.244 e. The summed E-state index contributed by atoms with van der Waals surface area (Å²) in [5, 5.41) is 13.3. The van der Waals surface area contributed by atoms with Crippen LogP contribution >= 0.6 is 0 Å². The molecule has 0 bridgehead atoms. The number of aromatic nitrogens is 1. The molecule has 1 atom stereocenters. The van der Waals surface area contributed by atoms with Crippen LogP contribution in [-0.2, 0) is 11.8 Å². The van der Waals surface area contributed by atoms with Crippen molar-refractivity contribution in [2.24, 2.45) is 7.05 Å². The molecule has 2 aromatic carbocycles. The number of hydrogen-bond donors (Lipinski definition) is 2. The summed E-state index contributed by atoms with van der Waals surface area (Å²) in [6, 6.07) is 17.9. The van der Waals surface area contributed by atoms with E-state index in [9.17, 15) is 4.79 Å². The van der Waals surface area contributed by atoms with Crippen LogP contribution in [-0.4, -0.2) is 22.2 Å². The predicted octanol–water partition coefficient (Wildman–Crippen LogP) is 3.82. The molecule has 0 saturated heterocycles. The molecule has 0 fully saturated rings. The van der Waals surface area contributed by atoms with E-state index in [4.69, 9.17) is 5.11 Å². The third kappa shape index (κ3) is 4.21. The van der Waals surface area contributed by atoms with Crippen LogP contribution in [0.15, 0.2) is 66.9 Å². The highest BCUT2D eigenvalue weighted by molar-refractivity contribution is 5.96. The van der Waals surface area contributed by atoms with Crippen molar-refractivity contribution in [3.05, 3.63) is 78.0 Å². The van der Waals surface area contributed by atoms with E-state index in [0.29, 0.717) is 12.8 Å². The van der Waals surface area contributed by atoms with E-state index in [1.807, 2.05) is 61.8 Å². The average molecular weight is 348 g/mol. The molecule has 26 heavy (non-hydrogen) atoms. The molecule has 1 heterocycles. The summed E-state index contributed by atoms with van der Waals surface area (Å²) in [6.07, 6.45) is 6.80. The fraction of sp³-hybridized carbons (Fsp3) is 0.227. The Morgan fingerprint density at radius 1 is 1.15 bits per heavy atom. The average Bonchev–Trinajstić information content (AvgIpc) is 3.00. The molecule has 134 valence electrons. The first-order valence-electron chi connectivity index (χ1n) is 8.87. The Morgan fingerprint density at radius 2 is 1.88 bits per heavy atom. The lowest BCUT2D eigenvalue weighted by atomic mass is 10.0. The first kappa shape index (κ1) is 18.0. The number of aryl methyl sites for hydroxylation is 1. The number of aliphatic hydroxyl groups excluding tert-OH is 1. The number of aliphatic hydroxyl groups is 1. The molecular weight excluding hydrogens is 324 g/mol. The van der Waals surface area contributed by atoms with E-state index in [-0.39, 0.29) is 18.6 Å². The molecule has 2 N–H and O–H groups in total. The lowest BCUT2D eigenvalue weighted by Gasteiger charge is -2.18. The van der Waals surface area contributed by atoms with Gasteiger partial charge in [-0.3, -0.25) is 4.79 Å². The van der Waals surface area contributed by atoms with Gasteiger partial charge in [0.05, 0.1) is 6.04 Å². The fourth-order valence-corrected chi connectivity index (χ4v) is 3.19. The van der Waals surface area contributed by atoms with Gasteiger partial charge in [-0.1, -0.05) is 48.5 Å². The summed E-state index contributed by atoms with van der Waals surface area (Å²) >= 11 is 0. The minimum atomic E-state index is -0.135. The molecule has 3 rings (SSSR count). The zero-order valence-corrected chi connectivity index (χ0v) is 14.9. The molecule has 0 spiro atoms. The van der Waals surface area contributed by atoms with Crippen molar-refractivity contribution in [1.82, 2.24) is 9.88 Å². The van der Waals surface area contributed by atoms with Crippen molar-refractivity contribution >= 4 is 22.9 Å². The molecule has 4 heteroatoms. The van der Waals surface area contributed by atoms with Crippen molar-refractivity contribution in [2.45, 2.75) is 18.9 Å². The minimum absolute atomic E-state index is 0.104. The summed E-state index contributed by atoms with van der Waals surface area (Å²) in [4.78, 5) is 12.4. The van der Waals surface area contributed by atoms with Gasteiger partial charge in [-0.25, -0.2) is 0 Å². The Morgan fingerprint density at radius 3 is 2.65 bits per heavy atom. The standard InChI is InChI=1S/C22H24N2O2/c1-24-16-18(19-10-5-6-12-21(19)24)13-14-22(26)23-20(11-7-15-25)17-8-3-2-4-9-17/h2-6,8-10,12-14,16,20,25H,7,11,15H2,1H3,(H,23,26)/b14-13+. The molecule has 0 aliphatic rings. The van der Waals surface area contributed by atoms with Gasteiger partial charge in [0.2, 0.25) is 5.91 Å². The molecule has 0 saturated carbocycles. The number of rotatable bonds is 7. The molecule has 1 amide bonds. The summed E-state index contributed by atoms with van der Waals surface area (Å²) in [5.41, 5.74) is 3.20. The Kier molecular flexibility index (Phi) is 5.87. The largest absolute Gasteiger partial charge is 0.396 e. The molecule has 3 aromatic rings. The summed E-state index contributed by atoms with van der Waals surface area (Å²) in [7, 11) is 2.00. The van der Waals surface area contributed by atoms with Crippen molar-refractivity contribution in [3.63, 3.8) is 0 Å². The molecule has 1 aromatic heterocycles. The van der Waals surface area contributed by atoms with Crippen molar-refractivity contribution < 1.29 is 9.90 Å². The predicted molar refractivity (Wildman–Crippen MR) is 106 cm³/mol. The Balaban J connectivity index is 1.74. The van der Waals surface area contributed by atoms with Gasteiger partial charge in [0, 0.05) is 42.4 Å². The number of carbonyl (C=O) groups is 1.